The Morgan fingerprint density at radius 2 is 1.90 bits per heavy atom. The molecule has 106 valence electrons. The minimum Gasteiger partial charge on any atom is -0.282 e. The van der Waals surface area contributed by atoms with E-state index in [1.807, 2.05) is 6.92 Å². The number of aromatic nitrogens is 3. The lowest BCUT2D eigenvalue weighted by atomic mass is 10.2. The molecule has 0 spiro atoms. The zero-order valence-corrected chi connectivity index (χ0v) is 12.5. The molecule has 0 saturated heterocycles. The Balaban J connectivity index is 2.81. The highest BCUT2D eigenvalue weighted by Gasteiger charge is 2.17. The fourth-order valence-corrected chi connectivity index (χ4v) is 2.33. The highest BCUT2D eigenvalue weighted by atomic mass is 35.5. The van der Waals surface area contributed by atoms with Crippen LogP contribution in [0.5, 0.6) is 0 Å². The molecule has 0 aliphatic carbocycles. The minimum absolute atomic E-state index is 0.102. The first-order valence-corrected chi connectivity index (χ1v) is 6.63. The summed E-state index contributed by atoms with van der Waals surface area (Å²) in [6, 6.07) is 5.09. The van der Waals surface area contributed by atoms with E-state index in [9.17, 15) is 4.79 Å². The second kappa shape index (κ2) is 5.78. The van der Waals surface area contributed by atoms with Gasteiger partial charge in [-0.25, -0.2) is 10.6 Å². The average molecular weight is 314 g/mol. The lowest BCUT2D eigenvalue weighted by molar-refractivity contribution is 0.679. The van der Waals surface area contributed by atoms with E-state index in [0.29, 0.717) is 28.0 Å². The Morgan fingerprint density at radius 1 is 1.30 bits per heavy atom. The van der Waals surface area contributed by atoms with Crippen molar-refractivity contribution in [2.24, 2.45) is 5.84 Å². The summed E-state index contributed by atoms with van der Waals surface area (Å²) < 4.78 is 1.39. The van der Waals surface area contributed by atoms with Gasteiger partial charge in [0, 0.05) is 13.6 Å². The Kier molecular flexibility index (Phi) is 4.27. The number of anilines is 1. The molecule has 1 aromatic heterocycles. The van der Waals surface area contributed by atoms with Crippen molar-refractivity contribution in [3.8, 4) is 11.4 Å². The molecule has 0 aliphatic heterocycles. The molecular formula is C12H13Cl2N5O. The van der Waals surface area contributed by atoms with Gasteiger partial charge in [-0.3, -0.25) is 9.58 Å². The summed E-state index contributed by atoms with van der Waals surface area (Å²) in [6.45, 7) is 2.20. The van der Waals surface area contributed by atoms with E-state index in [4.69, 9.17) is 29.0 Å². The number of halogens is 2. The van der Waals surface area contributed by atoms with Gasteiger partial charge in [0.25, 0.3) is 0 Å². The van der Waals surface area contributed by atoms with Crippen LogP contribution < -0.4 is 16.5 Å². The van der Waals surface area contributed by atoms with Crippen molar-refractivity contribution in [1.29, 1.82) is 0 Å². The molecule has 8 heteroatoms. The number of rotatable bonds is 3. The SMILES string of the molecule is CCn1c(-c2c(Cl)cccc2Cl)nc(N(C)N)nc1=O. The average Bonchev–Trinajstić information content (AvgIpc) is 2.38. The molecule has 6 nitrogen and oxygen atoms in total. The second-order valence-electron chi connectivity index (χ2n) is 4.08. The summed E-state index contributed by atoms with van der Waals surface area (Å²) >= 11 is 12.3. The fourth-order valence-electron chi connectivity index (χ4n) is 1.76. The summed E-state index contributed by atoms with van der Waals surface area (Å²) in [4.78, 5) is 20.1. The largest absolute Gasteiger partial charge is 0.352 e. The van der Waals surface area contributed by atoms with Crippen molar-refractivity contribution in [3.63, 3.8) is 0 Å². The van der Waals surface area contributed by atoms with Crippen LogP contribution in [-0.4, -0.2) is 21.6 Å². The van der Waals surface area contributed by atoms with Gasteiger partial charge in [0.15, 0.2) is 5.82 Å². The van der Waals surface area contributed by atoms with Crippen molar-refractivity contribution in [2.45, 2.75) is 13.5 Å². The quantitative estimate of drug-likeness (QED) is 0.692. The number of nitrogens with two attached hydrogens (primary N) is 1. The molecule has 1 heterocycles. The van der Waals surface area contributed by atoms with E-state index >= 15 is 0 Å². The van der Waals surface area contributed by atoms with Crippen molar-refractivity contribution >= 4 is 29.2 Å². The predicted molar refractivity (Wildman–Crippen MR) is 80.0 cm³/mol. The van der Waals surface area contributed by atoms with Crippen LogP contribution >= 0.6 is 23.2 Å². The Labute approximate surface area is 125 Å². The van der Waals surface area contributed by atoms with Crippen LogP contribution in [0.25, 0.3) is 11.4 Å². The topological polar surface area (TPSA) is 77.0 Å². The molecule has 1 aromatic carbocycles. The van der Waals surface area contributed by atoms with Crippen molar-refractivity contribution < 1.29 is 0 Å². The molecule has 0 unspecified atom stereocenters. The number of nitrogens with zero attached hydrogens (tertiary/aromatic N) is 4. The maximum absolute atomic E-state index is 12.0. The Hall–Kier alpha value is -1.63. The summed E-state index contributed by atoms with van der Waals surface area (Å²) in [5.74, 6) is 6.04. The molecule has 0 aliphatic rings. The van der Waals surface area contributed by atoms with E-state index in [2.05, 4.69) is 9.97 Å². The molecule has 0 bridgehead atoms. The highest BCUT2D eigenvalue weighted by Crippen LogP contribution is 2.33. The fraction of sp³-hybridized carbons (Fsp3) is 0.250. The van der Waals surface area contributed by atoms with Crippen LogP contribution in [0.3, 0.4) is 0 Å². The molecule has 0 amide bonds. The lowest BCUT2D eigenvalue weighted by Gasteiger charge is -2.15. The third-order valence-electron chi connectivity index (χ3n) is 2.71. The summed E-state index contributed by atoms with van der Waals surface area (Å²) in [5.41, 5.74) is 0.0288. The number of hydrogen-bond donors (Lipinski definition) is 1. The van der Waals surface area contributed by atoms with E-state index in [0.717, 1.165) is 5.01 Å². The Morgan fingerprint density at radius 3 is 2.40 bits per heavy atom. The van der Waals surface area contributed by atoms with Gasteiger partial charge < -0.3 is 0 Å². The van der Waals surface area contributed by atoms with Crippen LogP contribution in [0.4, 0.5) is 5.95 Å². The zero-order valence-electron chi connectivity index (χ0n) is 11.0. The van der Waals surface area contributed by atoms with Crippen LogP contribution in [0, 0.1) is 0 Å². The number of hydrogen-bond acceptors (Lipinski definition) is 5. The van der Waals surface area contributed by atoms with Gasteiger partial charge in [-0.1, -0.05) is 29.3 Å². The van der Waals surface area contributed by atoms with E-state index in [-0.39, 0.29) is 5.95 Å². The van der Waals surface area contributed by atoms with Gasteiger partial charge in [-0.15, -0.1) is 0 Å². The molecule has 0 fully saturated rings. The molecular weight excluding hydrogens is 301 g/mol. The normalized spacial score (nSPS) is 10.7. The van der Waals surface area contributed by atoms with E-state index < -0.39 is 5.69 Å². The smallest absolute Gasteiger partial charge is 0.282 e. The second-order valence-corrected chi connectivity index (χ2v) is 4.90. The molecule has 0 radical (unpaired) electrons. The van der Waals surface area contributed by atoms with Crippen LogP contribution in [0.15, 0.2) is 23.0 Å². The van der Waals surface area contributed by atoms with E-state index in [1.165, 1.54) is 4.57 Å². The monoisotopic (exact) mass is 313 g/mol. The molecule has 20 heavy (non-hydrogen) atoms. The van der Waals surface area contributed by atoms with Gasteiger partial charge in [0.05, 0.1) is 15.6 Å². The van der Waals surface area contributed by atoms with Gasteiger partial charge in [-0.05, 0) is 19.1 Å². The minimum atomic E-state index is -0.458. The first kappa shape index (κ1) is 14.8. The summed E-state index contributed by atoms with van der Waals surface area (Å²) in [6.07, 6.45) is 0. The maximum Gasteiger partial charge on any atom is 0.352 e. The third kappa shape index (κ3) is 2.63. The van der Waals surface area contributed by atoms with Crippen LogP contribution in [-0.2, 0) is 6.54 Å². The highest BCUT2D eigenvalue weighted by molar-refractivity contribution is 6.39. The predicted octanol–water partition coefficient (Wildman–Crippen LogP) is 1.94. The lowest BCUT2D eigenvalue weighted by Crippen LogP contribution is -2.33. The first-order valence-electron chi connectivity index (χ1n) is 5.87. The van der Waals surface area contributed by atoms with Gasteiger partial charge in [-0.2, -0.15) is 9.97 Å². The van der Waals surface area contributed by atoms with Gasteiger partial charge >= 0.3 is 5.69 Å². The zero-order chi connectivity index (χ0) is 14.9. The molecule has 0 atom stereocenters. The van der Waals surface area contributed by atoms with Crippen molar-refractivity contribution in [2.75, 3.05) is 12.1 Å². The van der Waals surface area contributed by atoms with E-state index in [1.54, 1.807) is 25.2 Å². The standard InChI is InChI=1S/C12H13Cl2N5O/c1-3-19-10(9-7(13)5-4-6-8(9)14)16-11(18(2)15)17-12(19)20/h4-6H,3,15H2,1-2H3. The maximum atomic E-state index is 12.0. The number of benzene rings is 1. The van der Waals surface area contributed by atoms with Crippen LogP contribution in [0.2, 0.25) is 10.0 Å². The summed E-state index contributed by atoms with van der Waals surface area (Å²) in [7, 11) is 1.54. The Bertz CT molecular complexity index is 678. The number of hydrazine groups is 1. The van der Waals surface area contributed by atoms with Gasteiger partial charge in [0.2, 0.25) is 5.95 Å². The van der Waals surface area contributed by atoms with Gasteiger partial charge in [0.1, 0.15) is 0 Å². The van der Waals surface area contributed by atoms with Crippen LogP contribution in [0.1, 0.15) is 6.92 Å². The molecule has 2 rings (SSSR count). The first-order chi connectivity index (χ1) is 9.45. The van der Waals surface area contributed by atoms with Crippen molar-refractivity contribution in [3.05, 3.63) is 38.7 Å². The third-order valence-corrected chi connectivity index (χ3v) is 3.34. The molecule has 0 saturated carbocycles. The molecule has 2 N–H and O–H groups in total. The molecule has 2 aromatic rings. The summed E-state index contributed by atoms with van der Waals surface area (Å²) in [5, 5.41) is 1.97. The van der Waals surface area contributed by atoms with Crippen molar-refractivity contribution in [1.82, 2.24) is 14.5 Å².